The van der Waals surface area contributed by atoms with Crippen LogP contribution in [-0.4, -0.2) is 23.8 Å². The Labute approximate surface area is 103 Å². The second-order valence-corrected chi connectivity index (χ2v) is 4.79. The van der Waals surface area contributed by atoms with Crippen molar-refractivity contribution in [1.82, 2.24) is 0 Å². The number of nitrogens with zero attached hydrogens (tertiary/aromatic N) is 2. The molecule has 1 aromatic rings. The predicted octanol–water partition coefficient (Wildman–Crippen LogP) is 2.57. The van der Waals surface area contributed by atoms with E-state index in [2.05, 4.69) is 11.0 Å². The molecule has 0 saturated carbocycles. The first kappa shape index (κ1) is 13.5. The highest BCUT2D eigenvalue weighted by Gasteiger charge is 2.15. The summed E-state index contributed by atoms with van der Waals surface area (Å²) in [6, 6.07) is 12.2. The molecule has 0 amide bonds. The topological polar surface area (TPSA) is 47.3 Å². The van der Waals surface area contributed by atoms with Crippen LogP contribution in [0.3, 0.4) is 0 Å². The van der Waals surface area contributed by atoms with Crippen LogP contribution in [0.15, 0.2) is 30.3 Å². The van der Waals surface area contributed by atoms with Crippen molar-refractivity contribution in [2.24, 2.45) is 0 Å². The van der Waals surface area contributed by atoms with E-state index >= 15 is 0 Å². The summed E-state index contributed by atoms with van der Waals surface area (Å²) >= 11 is 0. The number of rotatable bonds is 6. The zero-order valence-corrected chi connectivity index (χ0v) is 10.6. The van der Waals surface area contributed by atoms with Gasteiger partial charge in [0.05, 0.1) is 18.1 Å². The Bertz CT molecular complexity index is 362. The number of para-hydroxylation sites is 1. The van der Waals surface area contributed by atoms with Crippen LogP contribution in [0.1, 0.15) is 26.7 Å². The molecule has 0 unspecified atom stereocenters. The van der Waals surface area contributed by atoms with E-state index in [1.54, 1.807) is 13.8 Å². The van der Waals surface area contributed by atoms with E-state index in [-0.39, 0.29) is 0 Å². The summed E-state index contributed by atoms with van der Waals surface area (Å²) in [5, 5.41) is 18.4. The Kier molecular flexibility index (Phi) is 4.99. The maximum Gasteiger partial charge on any atom is 0.0640 e. The maximum atomic E-state index is 9.75. The average molecular weight is 232 g/mol. The molecule has 0 aliphatic carbocycles. The van der Waals surface area contributed by atoms with Crippen molar-refractivity contribution < 1.29 is 5.11 Å². The van der Waals surface area contributed by atoms with Gasteiger partial charge in [-0.15, -0.1) is 0 Å². The van der Waals surface area contributed by atoms with Crippen molar-refractivity contribution in [2.45, 2.75) is 32.3 Å². The third-order valence-electron chi connectivity index (χ3n) is 2.61. The summed E-state index contributed by atoms with van der Waals surface area (Å²) in [4.78, 5) is 2.14. The molecule has 0 radical (unpaired) electrons. The highest BCUT2D eigenvalue weighted by Crippen LogP contribution is 2.16. The SMILES string of the molecule is CC(C)(O)CCN(CCC#N)c1ccccc1. The minimum absolute atomic E-state index is 0.501. The van der Waals surface area contributed by atoms with Crippen LogP contribution >= 0.6 is 0 Å². The molecule has 0 aliphatic heterocycles. The molecular weight excluding hydrogens is 212 g/mol. The highest BCUT2D eigenvalue weighted by atomic mass is 16.3. The molecule has 1 rings (SSSR count). The summed E-state index contributed by atoms with van der Waals surface area (Å²) in [6.45, 7) is 5.08. The van der Waals surface area contributed by atoms with E-state index in [0.717, 1.165) is 12.2 Å². The summed E-state index contributed by atoms with van der Waals surface area (Å²) in [7, 11) is 0. The van der Waals surface area contributed by atoms with Crippen molar-refractivity contribution in [3.8, 4) is 6.07 Å². The molecule has 0 spiro atoms. The second kappa shape index (κ2) is 6.27. The molecule has 92 valence electrons. The predicted molar refractivity (Wildman–Crippen MR) is 69.8 cm³/mol. The number of nitriles is 1. The fraction of sp³-hybridized carbons (Fsp3) is 0.500. The zero-order valence-electron chi connectivity index (χ0n) is 10.6. The van der Waals surface area contributed by atoms with Gasteiger partial charge in [-0.05, 0) is 32.4 Å². The third kappa shape index (κ3) is 5.37. The molecule has 0 saturated heterocycles. The fourth-order valence-corrected chi connectivity index (χ4v) is 1.60. The maximum absolute atomic E-state index is 9.75. The average Bonchev–Trinajstić information content (AvgIpc) is 2.29. The summed E-state index contributed by atoms with van der Waals surface area (Å²) in [5.41, 5.74) is 0.437. The van der Waals surface area contributed by atoms with Crippen LogP contribution in [0.25, 0.3) is 0 Å². The van der Waals surface area contributed by atoms with Crippen LogP contribution in [0, 0.1) is 11.3 Å². The van der Waals surface area contributed by atoms with Crippen LogP contribution < -0.4 is 4.90 Å². The molecule has 0 aromatic heterocycles. The van der Waals surface area contributed by atoms with Crippen molar-refractivity contribution in [3.05, 3.63) is 30.3 Å². The molecule has 0 bridgehead atoms. The van der Waals surface area contributed by atoms with Crippen molar-refractivity contribution >= 4 is 5.69 Å². The molecule has 3 nitrogen and oxygen atoms in total. The van der Waals surface area contributed by atoms with Crippen molar-refractivity contribution in [2.75, 3.05) is 18.0 Å². The van der Waals surface area contributed by atoms with E-state index in [4.69, 9.17) is 5.26 Å². The molecule has 0 heterocycles. The molecule has 0 fully saturated rings. The van der Waals surface area contributed by atoms with Crippen LogP contribution in [0.4, 0.5) is 5.69 Å². The lowest BCUT2D eigenvalue weighted by Crippen LogP contribution is -2.31. The lowest BCUT2D eigenvalue weighted by Gasteiger charge is -2.27. The monoisotopic (exact) mass is 232 g/mol. The Morgan fingerprint density at radius 1 is 1.24 bits per heavy atom. The first-order chi connectivity index (χ1) is 8.03. The van der Waals surface area contributed by atoms with Gasteiger partial charge in [0.1, 0.15) is 0 Å². The molecule has 0 aliphatic rings. The standard InChI is InChI=1S/C14H20N2O/c1-14(2,17)9-12-16(11-6-10-15)13-7-4-3-5-8-13/h3-5,7-8,17H,6,9,11-12H2,1-2H3. The van der Waals surface area contributed by atoms with E-state index in [1.807, 2.05) is 30.3 Å². The Balaban J connectivity index is 2.65. The van der Waals surface area contributed by atoms with E-state index in [0.29, 0.717) is 19.4 Å². The molecule has 1 aromatic carbocycles. The Morgan fingerprint density at radius 2 is 1.88 bits per heavy atom. The van der Waals surface area contributed by atoms with Crippen molar-refractivity contribution in [3.63, 3.8) is 0 Å². The van der Waals surface area contributed by atoms with E-state index < -0.39 is 5.60 Å². The number of anilines is 1. The van der Waals surface area contributed by atoms with Gasteiger partial charge in [-0.25, -0.2) is 0 Å². The smallest absolute Gasteiger partial charge is 0.0640 e. The number of benzene rings is 1. The summed E-state index contributed by atoms with van der Waals surface area (Å²) in [6.07, 6.45) is 1.19. The Hall–Kier alpha value is -1.53. The fourth-order valence-electron chi connectivity index (χ4n) is 1.60. The summed E-state index contributed by atoms with van der Waals surface area (Å²) in [5.74, 6) is 0. The van der Waals surface area contributed by atoms with Crippen LogP contribution in [0.2, 0.25) is 0 Å². The molecule has 3 heteroatoms. The van der Waals surface area contributed by atoms with Gasteiger partial charge < -0.3 is 10.0 Å². The van der Waals surface area contributed by atoms with Gasteiger partial charge in [0.25, 0.3) is 0 Å². The van der Waals surface area contributed by atoms with Gasteiger partial charge in [0.15, 0.2) is 0 Å². The first-order valence-electron chi connectivity index (χ1n) is 5.92. The van der Waals surface area contributed by atoms with Gasteiger partial charge in [0, 0.05) is 18.8 Å². The third-order valence-corrected chi connectivity index (χ3v) is 2.61. The second-order valence-electron chi connectivity index (χ2n) is 4.79. The zero-order chi connectivity index (χ0) is 12.7. The highest BCUT2D eigenvalue weighted by molar-refractivity contribution is 5.45. The molecule has 1 N–H and O–H groups in total. The lowest BCUT2D eigenvalue weighted by molar-refractivity contribution is 0.0731. The number of aliphatic hydroxyl groups is 1. The first-order valence-corrected chi connectivity index (χ1v) is 5.92. The van der Waals surface area contributed by atoms with E-state index in [9.17, 15) is 5.11 Å². The van der Waals surface area contributed by atoms with Gasteiger partial charge in [-0.3, -0.25) is 0 Å². The molecule has 17 heavy (non-hydrogen) atoms. The van der Waals surface area contributed by atoms with Crippen molar-refractivity contribution in [1.29, 1.82) is 5.26 Å². The van der Waals surface area contributed by atoms with Gasteiger partial charge in [-0.1, -0.05) is 18.2 Å². The minimum Gasteiger partial charge on any atom is -0.390 e. The normalized spacial score (nSPS) is 10.9. The van der Waals surface area contributed by atoms with Gasteiger partial charge >= 0.3 is 0 Å². The Morgan fingerprint density at radius 3 is 2.41 bits per heavy atom. The number of hydrogen-bond donors (Lipinski definition) is 1. The van der Waals surface area contributed by atoms with Gasteiger partial charge in [0.2, 0.25) is 0 Å². The largest absolute Gasteiger partial charge is 0.390 e. The van der Waals surface area contributed by atoms with Crippen LogP contribution in [-0.2, 0) is 0 Å². The molecular formula is C14H20N2O. The minimum atomic E-state index is -0.667. The molecule has 0 atom stereocenters. The van der Waals surface area contributed by atoms with E-state index in [1.165, 1.54) is 0 Å². The van der Waals surface area contributed by atoms with Gasteiger partial charge in [-0.2, -0.15) is 5.26 Å². The summed E-state index contributed by atoms with van der Waals surface area (Å²) < 4.78 is 0. The quantitative estimate of drug-likeness (QED) is 0.820. The lowest BCUT2D eigenvalue weighted by atomic mass is 10.1. The van der Waals surface area contributed by atoms with Crippen LogP contribution in [0.5, 0.6) is 0 Å². The number of hydrogen-bond acceptors (Lipinski definition) is 3.